The van der Waals surface area contributed by atoms with Gasteiger partial charge in [0, 0.05) is 5.56 Å². The van der Waals surface area contributed by atoms with Gasteiger partial charge in [-0.1, -0.05) is 0 Å². The summed E-state index contributed by atoms with van der Waals surface area (Å²) in [4.78, 5) is 14.8. The molecule has 1 aliphatic carbocycles. The van der Waals surface area contributed by atoms with Crippen molar-refractivity contribution in [2.24, 2.45) is 4.99 Å². The summed E-state index contributed by atoms with van der Waals surface area (Å²) in [6.07, 6.45) is 4.49. The Kier molecular flexibility index (Phi) is 3.63. The lowest BCUT2D eigenvalue weighted by atomic mass is 9.70. The first-order chi connectivity index (χ1) is 9.09. The fraction of sp³-hybridized carbons (Fsp3) is 0.533. The highest BCUT2D eigenvalue weighted by Gasteiger charge is 2.43. The molecule has 1 aromatic carbocycles. The van der Waals surface area contributed by atoms with Gasteiger partial charge in [-0.15, -0.1) is 0 Å². The Balaban J connectivity index is 2.73. The van der Waals surface area contributed by atoms with Gasteiger partial charge in [0.2, 0.25) is 6.08 Å². The van der Waals surface area contributed by atoms with Gasteiger partial charge in [0.1, 0.15) is 5.54 Å². The molecule has 102 valence electrons. The molecule has 1 fully saturated rings. The summed E-state index contributed by atoms with van der Waals surface area (Å²) < 4.78 is 10.9. The number of hydrogen-bond donors (Lipinski definition) is 0. The molecule has 0 amide bonds. The molecular weight excluding hydrogens is 242 g/mol. The van der Waals surface area contributed by atoms with Crippen LogP contribution in [0.1, 0.15) is 36.0 Å². The highest BCUT2D eigenvalue weighted by atomic mass is 16.5. The number of carbonyl (C=O) groups excluding carboxylic acids is 1. The van der Waals surface area contributed by atoms with Gasteiger partial charge in [-0.25, -0.2) is 4.79 Å². The van der Waals surface area contributed by atoms with Crippen molar-refractivity contribution < 1.29 is 14.3 Å². The molecule has 1 aromatic rings. The second kappa shape index (κ2) is 5.06. The number of isocyanates is 1. The van der Waals surface area contributed by atoms with E-state index in [1.165, 1.54) is 0 Å². The van der Waals surface area contributed by atoms with Crippen LogP contribution in [0.15, 0.2) is 11.1 Å². The monoisotopic (exact) mass is 261 g/mol. The van der Waals surface area contributed by atoms with Crippen LogP contribution in [0.3, 0.4) is 0 Å². The molecule has 0 saturated heterocycles. The molecule has 0 bridgehead atoms. The molecule has 1 aliphatic rings. The Morgan fingerprint density at radius 3 is 2.37 bits per heavy atom. The van der Waals surface area contributed by atoms with E-state index < -0.39 is 5.54 Å². The van der Waals surface area contributed by atoms with Gasteiger partial charge < -0.3 is 9.47 Å². The molecular formula is C15H19NO3. The molecule has 0 radical (unpaired) electrons. The Morgan fingerprint density at radius 2 is 1.95 bits per heavy atom. The van der Waals surface area contributed by atoms with E-state index in [-0.39, 0.29) is 0 Å². The fourth-order valence-corrected chi connectivity index (χ4v) is 2.79. The third-order valence-corrected chi connectivity index (χ3v) is 4.09. The van der Waals surface area contributed by atoms with E-state index in [2.05, 4.69) is 4.99 Å². The van der Waals surface area contributed by atoms with Crippen molar-refractivity contribution in [3.05, 3.63) is 22.8 Å². The van der Waals surface area contributed by atoms with Crippen molar-refractivity contribution in [1.29, 1.82) is 0 Å². The molecule has 0 atom stereocenters. The first kappa shape index (κ1) is 13.6. The number of benzene rings is 1. The van der Waals surface area contributed by atoms with E-state index in [0.717, 1.165) is 36.0 Å². The minimum Gasteiger partial charge on any atom is -0.493 e. The maximum Gasteiger partial charge on any atom is 0.235 e. The molecule has 0 spiro atoms. The number of hydrogen-bond acceptors (Lipinski definition) is 4. The zero-order valence-corrected chi connectivity index (χ0v) is 11.9. The molecule has 0 heterocycles. The van der Waals surface area contributed by atoms with E-state index in [9.17, 15) is 4.79 Å². The number of aliphatic imine (C=N–C) groups is 1. The lowest BCUT2D eigenvalue weighted by molar-refractivity contribution is 0.241. The molecule has 0 unspecified atom stereocenters. The highest BCUT2D eigenvalue weighted by molar-refractivity contribution is 5.58. The van der Waals surface area contributed by atoms with Crippen LogP contribution in [-0.2, 0) is 10.3 Å². The summed E-state index contributed by atoms with van der Waals surface area (Å²) in [5.74, 6) is 1.37. The Hall–Kier alpha value is -1.80. The first-order valence-corrected chi connectivity index (χ1v) is 6.41. The zero-order chi connectivity index (χ0) is 14.0. The lowest BCUT2D eigenvalue weighted by Crippen LogP contribution is -2.33. The molecule has 4 heteroatoms. The van der Waals surface area contributed by atoms with Crippen LogP contribution in [-0.4, -0.2) is 20.3 Å². The number of aryl methyl sites for hydroxylation is 1. The van der Waals surface area contributed by atoms with Crippen LogP contribution < -0.4 is 9.47 Å². The topological polar surface area (TPSA) is 47.9 Å². The molecule has 2 rings (SSSR count). The number of rotatable bonds is 4. The van der Waals surface area contributed by atoms with Crippen LogP contribution >= 0.6 is 0 Å². The summed E-state index contributed by atoms with van der Waals surface area (Å²) in [5.41, 5.74) is 2.72. The lowest BCUT2D eigenvalue weighted by Gasteiger charge is -2.39. The number of nitrogens with zero attached hydrogens (tertiary/aromatic N) is 1. The third-order valence-electron chi connectivity index (χ3n) is 4.09. The predicted octanol–water partition coefficient (Wildman–Crippen LogP) is 3.04. The van der Waals surface area contributed by atoms with Gasteiger partial charge in [-0.05, 0) is 50.3 Å². The van der Waals surface area contributed by atoms with Gasteiger partial charge in [-0.2, -0.15) is 4.99 Å². The smallest absolute Gasteiger partial charge is 0.235 e. The number of methoxy groups -OCH3 is 2. The Labute approximate surface area is 113 Å². The molecule has 0 aromatic heterocycles. The number of ether oxygens (including phenoxy) is 2. The zero-order valence-electron chi connectivity index (χ0n) is 11.9. The maximum absolute atomic E-state index is 10.8. The van der Waals surface area contributed by atoms with E-state index >= 15 is 0 Å². The van der Waals surface area contributed by atoms with Crippen LogP contribution in [0.25, 0.3) is 0 Å². The van der Waals surface area contributed by atoms with Crippen molar-refractivity contribution >= 4 is 6.08 Å². The summed E-state index contributed by atoms with van der Waals surface area (Å²) in [6, 6.07) is 1.95. The molecule has 4 nitrogen and oxygen atoms in total. The van der Waals surface area contributed by atoms with E-state index in [1.807, 2.05) is 19.9 Å². The molecule has 19 heavy (non-hydrogen) atoms. The molecule has 0 N–H and O–H groups in total. The van der Waals surface area contributed by atoms with Crippen LogP contribution in [0, 0.1) is 13.8 Å². The Bertz CT molecular complexity index is 541. The van der Waals surface area contributed by atoms with Crippen molar-refractivity contribution in [1.82, 2.24) is 0 Å². The fourth-order valence-electron chi connectivity index (χ4n) is 2.79. The standard InChI is InChI=1S/C15H19NO3/c1-10-8-12(18-3)14(19-4)13(11(10)2)15(16-9-17)6-5-7-15/h8H,5-7H2,1-4H3. The summed E-state index contributed by atoms with van der Waals surface area (Å²) in [7, 11) is 3.24. The minimum absolute atomic E-state index is 0.476. The average molecular weight is 261 g/mol. The predicted molar refractivity (Wildman–Crippen MR) is 72.7 cm³/mol. The second-order valence-corrected chi connectivity index (χ2v) is 5.02. The van der Waals surface area contributed by atoms with Gasteiger partial charge in [0.05, 0.1) is 14.2 Å². The molecule has 1 saturated carbocycles. The minimum atomic E-state index is -0.476. The maximum atomic E-state index is 10.8. The van der Waals surface area contributed by atoms with Crippen LogP contribution in [0.2, 0.25) is 0 Å². The van der Waals surface area contributed by atoms with Crippen LogP contribution in [0.4, 0.5) is 0 Å². The van der Waals surface area contributed by atoms with Crippen molar-refractivity contribution in [2.75, 3.05) is 14.2 Å². The third kappa shape index (κ3) is 2.02. The van der Waals surface area contributed by atoms with E-state index in [0.29, 0.717) is 11.5 Å². The quantitative estimate of drug-likeness (QED) is 0.618. The highest BCUT2D eigenvalue weighted by Crippen LogP contribution is 2.52. The average Bonchev–Trinajstić information content (AvgIpc) is 2.37. The van der Waals surface area contributed by atoms with Crippen molar-refractivity contribution in [3.8, 4) is 11.5 Å². The summed E-state index contributed by atoms with van der Waals surface area (Å²) >= 11 is 0. The largest absolute Gasteiger partial charge is 0.493 e. The van der Waals surface area contributed by atoms with Crippen LogP contribution in [0.5, 0.6) is 11.5 Å². The molecule has 0 aliphatic heterocycles. The second-order valence-electron chi connectivity index (χ2n) is 5.02. The summed E-state index contributed by atoms with van der Waals surface area (Å²) in [5, 5.41) is 0. The van der Waals surface area contributed by atoms with Gasteiger partial charge >= 0.3 is 0 Å². The van der Waals surface area contributed by atoms with E-state index in [4.69, 9.17) is 9.47 Å². The van der Waals surface area contributed by atoms with Crippen molar-refractivity contribution in [2.45, 2.75) is 38.6 Å². The van der Waals surface area contributed by atoms with Gasteiger partial charge in [-0.3, -0.25) is 0 Å². The first-order valence-electron chi connectivity index (χ1n) is 6.41. The Morgan fingerprint density at radius 1 is 1.26 bits per heavy atom. The van der Waals surface area contributed by atoms with Gasteiger partial charge in [0.25, 0.3) is 0 Å². The van der Waals surface area contributed by atoms with E-state index in [1.54, 1.807) is 20.3 Å². The SMILES string of the molecule is COc1cc(C)c(C)c(C2(N=C=O)CCC2)c1OC. The van der Waals surface area contributed by atoms with Gasteiger partial charge in [0.15, 0.2) is 11.5 Å². The normalized spacial score (nSPS) is 16.2. The van der Waals surface area contributed by atoms with Crippen molar-refractivity contribution in [3.63, 3.8) is 0 Å². The summed E-state index contributed by atoms with van der Waals surface area (Å²) in [6.45, 7) is 4.06.